The summed E-state index contributed by atoms with van der Waals surface area (Å²) in [6.07, 6.45) is 2.28. The monoisotopic (exact) mass is 213 g/mol. The van der Waals surface area contributed by atoms with Crippen molar-refractivity contribution >= 4 is 5.91 Å². The Morgan fingerprint density at radius 1 is 1.40 bits per heavy atom. The van der Waals surface area contributed by atoms with Crippen molar-refractivity contribution in [3.8, 4) is 0 Å². The van der Waals surface area contributed by atoms with E-state index in [1.165, 1.54) is 0 Å². The summed E-state index contributed by atoms with van der Waals surface area (Å²) in [6, 6.07) is 0. The molecule has 1 amide bonds. The summed E-state index contributed by atoms with van der Waals surface area (Å²) >= 11 is 0. The predicted molar refractivity (Wildman–Crippen MR) is 61.8 cm³/mol. The van der Waals surface area contributed by atoms with Crippen molar-refractivity contribution in [2.75, 3.05) is 47.3 Å². The molecule has 0 aliphatic carbocycles. The number of carbonyl (C=O) groups excluding carboxylic acids is 1. The number of likely N-dealkylation sites (tertiary alicyclic amines) is 1. The third kappa shape index (κ3) is 4.18. The number of nitrogens with zero attached hydrogens (tertiary/aromatic N) is 2. The van der Waals surface area contributed by atoms with Crippen LogP contribution in [0.5, 0.6) is 0 Å². The second-order valence-electron chi connectivity index (χ2n) is 4.62. The van der Waals surface area contributed by atoms with Gasteiger partial charge in [0.05, 0.1) is 6.54 Å². The lowest BCUT2D eigenvalue weighted by Gasteiger charge is -2.32. The lowest BCUT2D eigenvalue weighted by molar-refractivity contribution is -0.133. The summed E-state index contributed by atoms with van der Waals surface area (Å²) < 4.78 is 0. The fourth-order valence-corrected chi connectivity index (χ4v) is 2.05. The van der Waals surface area contributed by atoms with Crippen LogP contribution in [0.25, 0.3) is 0 Å². The van der Waals surface area contributed by atoms with Gasteiger partial charge in [0.1, 0.15) is 0 Å². The summed E-state index contributed by atoms with van der Waals surface area (Å²) in [7, 11) is 5.86. The van der Waals surface area contributed by atoms with Gasteiger partial charge in [-0.2, -0.15) is 0 Å². The van der Waals surface area contributed by atoms with Gasteiger partial charge in [0, 0.05) is 13.1 Å². The fraction of sp³-hybridized carbons (Fsp3) is 0.909. The van der Waals surface area contributed by atoms with Crippen LogP contribution in [-0.4, -0.2) is 63.0 Å². The maximum atomic E-state index is 11.7. The lowest BCUT2D eigenvalue weighted by atomic mass is 9.97. The van der Waals surface area contributed by atoms with E-state index >= 15 is 0 Å². The standard InChI is InChI=1S/C11H23N3O/c1-12-8-10-4-6-14(7-5-10)11(15)9-13(2)3/h10,12H,4-9H2,1-3H3. The molecule has 0 aromatic heterocycles. The molecule has 0 bridgehead atoms. The van der Waals surface area contributed by atoms with E-state index in [-0.39, 0.29) is 5.91 Å². The molecule has 15 heavy (non-hydrogen) atoms. The van der Waals surface area contributed by atoms with Crippen LogP contribution in [0.1, 0.15) is 12.8 Å². The predicted octanol–water partition coefficient (Wildman–Crippen LogP) is 0.00600. The number of carbonyl (C=O) groups is 1. The highest BCUT2D eigenvalue weighted by molar-refractivity contribution is 5.78. The van der Waals surface area contributed by atoms with Crippen molar-refractivity contribution in [1.82, 2.24) is 15.1 Å². The van der Waals surface area contributed by atoms with E-state index in [1.54, 1.807) is 0 Å². The Hall–Kier alpha value is -0.610. The highest BCUT2D eigenvalue weighted by Gasteiger charge is 2.22. The zero-order valence-electron chi connectivity index (χ0n) is 10.1. The second-order valence-corrected chi connectivity index (χ2v) is 4.62. The van der Waals surface area contributed by atoms with Crippen molar-refractivity contribution in [2.24, 2.45) is 5.92 Å². The molecule has 1 N–H and O–H groups in total. The molecule has 1 fully saturated rings. The number of rotatable bonds is 4. The van der Waals surface area contributed by atoms with Crippen LogP contribution in [0.3, 0.4) is 0 Å². The van der Waals surface area contributed by atoms with Crippen LogP contribution < -0.4 is 5.32 Å². The average molecular weight is 213 g/mol. The molecule has 1 saturated heterocycles. The third-order valence-electron chi connectivity index (χ3n) is 2.91. The zero-order chi connectivity index (χ0) is 11.3. The SMILES string of the molecule is CNCC1CCN(C(=O)CN(C)C)CC1. The van der Waals surface area contributed by atoms with E-state index in [9.17, 15) is 4.79 Å². The summed E-state index contributed by atoms with van der Waals surface area (Å²) in [6.45, 7) is 3.48. The molecule has 0 unspecified atom stereocenters. The first kappa shape index (κ1) is 12.5. The minimum absolute atomic E-state index is 0.267. The maximum absolute atomic E-state index is 11.7. The van der Waals surface area contributed by atoms with Gasteiger partial charge in [0.25, 0.3) is 0 Å². The van der Waals surface area contributed by atoms with Crippen molar-refractivity contribution in [2.45, 2.75) is 12.8 Å². The van der Waals surface area contributed by atoms with E-state index < -0.39 is 0 Å². The quantitative estimate of drug-likeness (QED) is 0.714. The summed E-state index contributed by atoms with van der Waals surface area (Å²) in [5.41, 5.74) is 0. The molecule has 1 aliphatic rings. The number of piperidine rings is 1. The molecule has 0 aromatic rings. The van der Waals surface area contributed by atoms with Gasteiger partial charge < -0.3 is 15.1 Å². The van der Waals surface area contributed by atoms with Crippen molar-refractivity contribution < 1.29 is 4.79 Å². The summed E-state index contributed by atoms with van der Waals surface area (Å²) in [5.74, 6) is 1.02. The van der Waals surface area contributed by atoms with Crippen LogP contribution in [-0.2, 0) is 4.79 Å². The Balaban J connectivity index is 2.27. The maximum Gasteiger partial charge on any atom is 0.236 e. The summed E-state index contributed by atoms with van der Waals surface area (Å²) in [4.78, 5) is 15.7. The van der Waals surface area contributed by atoms with Gasteiger partial charge in [-0.25, -0.2) is 0 Å². The Labute approximate surface area is 92.6 Å². The molecule has 0 saturated carbocycles. The molecular formula is C11H23N3O. The number of amides is 1. The topological polar surface area (TPSA) is 35.6 Å². The van der Waals surface area contributed by atoms with E-state index in [2.05, 4.69) is 5.32 Å². The third-order valence-corrected chi connectivity index (χ3v) is 2.91. The van der Waals surface area contributed by atoms with E-state index in [4.69, 9.17) is 0 Å². The molecule has 1 aliphatic heterocycles. The van der Waals surface area contributed by atoms with Gasteiger partial charge in [0.2, 0.25) is 5.91 Å². The second kappa shape index (κ2) is 6.08. The zero-order valence-corrected chi connectivity index (χ0v) is 10.1. The minimum Gasteiger partial charge on any atom is -0.342 e. The highest BCUT2D eigenvalue weighted by Crippen LogP contribution is 2.16. The molecule has 1 rings (SSSR count). The minimum atomic E-state index is 0.267. The smallest absolute Gasteiger partial charge is 0.236 e. The number of likely N-dealkylation sites (N-methyl/N-ethyl adjacent to an activating group) is 1. The van der Waals surface area contributed by atoms with E-state index in [0.717, 1.165) is 38.4 Å². The molecule has 0 aromatic carbocycles. The van der Waals surface area contributed by atoms with Crippen molar-refractivity contribution in [3.63, 3.8) is 0 Å². The van der Waals surface area contributed by atoms with Crippen LogP contribution >= 0.6 is 0 Å². The lowest BCUT2D eigenvalue weighted by Crippen LogP contribution is -2.43. The van der Waals surface area contributed by atoms with Gasteiger partial charge >= 0.3 is 0 Å². The van der Waals surface area contributed by atoms with E-state index in [1.807, 2.05) is 30.9 Å². The average Bonchev–Trinajstić information content (AvgIpc) is 2.18. The van der Waals surface area contributed by atoms with Crippen LogP contribution in [0.4, 0.5) is 0 Å². The van der Waals surface area contributed by atoms with Gasteiger partial charge in [-0.15, -0.1) is 0 Å². The molecule has 4 heteroatoms. The largest absolute Gasteiger partial charge is 0.342 e. The van der Waals surface area contributed by atoms with Gasteiger partial charge in [0.15, 0.2) is 0 Å². The highest BCUT2D eigenvalue weighted by atomic mass is 16.2. The van der Waals surface area contributed by atoms with E-state index in [0.29, 0.717) is 6.54 Å². The molecule has 4 nitrogen and oxygen atoms in total. The molecule has 88 valence electrons. The Bertz CT molecular complexity index is 198. The van der Waals surface area contributed by atoms with Gasteiger partial charge in [-0.05, 0) is 46.4 Å². The summed E-state index contributed by atoms with van der Waals surface area (Å²) in [5, 5.41) is 3.20. The fourth-order valence-electron chi connectivity index (χ4n) is 2.05. The van der Waals surface area contributed by atoms with Crippen LogP contribution in [0, 0.1) is 5.92 Å². The normalized spacial score (nSPS) is 18.5. The Kier molecular flexibility index (Phi) is 5.05. The molecule has 1 heterocycles. The number of hydrogen-bond donors (Lipinski definition) is 1. The molecule has 0 radical (unpaired) electrons. The van der Waals surface area contributed by atoms with Crippen molar-refractivity contribution in [3.05, 3.63) is 0 Å². The van der Waals surface area contributed by atoms with Gasteiger partial charge in [-0.1, -0.05) is 0 Å². The van der Waals surface area contributed by atoms with Crippen LogP contribution in [0.15, 0.2) is 0 Å². The van der Waals surface area contributed by atoms with Gasteiger partial charge in [-0.3, -0.25) is 4.79 Å². The Morgan fingerprint density at radius 2 is 2.00 bits per heavy atom. The molecule has 0 spiro atoms. The number of nitrogens with one attached hydrogen (secondary N) is 1. The Morgan fingerprint density at radius 3 is 2.47 bits per heavy atom. The van der Waals surface area contributed by atoms with Crippen LogP contribution in [0.2, 0.25) is 0 Å². The molecule has 0 atom stereocenters. The first-order chi connectivity index (χ1) is 7.13. The van der Waals surface area contributed by atoms with Crippen molar-refractivity contribution in [1.29, 1.82) is 0 Å². The molecular weight excluding hydrogens is 190 g/mol. The number of hydrogen-bond acceptors (Lipinski definition) is 3. The first-order valence-corrected chi connectivity index (χ1v) is 5.70. The first-order valence-electron chi connectivity index (χ1n) is 5.70.